The SMILES string of the molecule is NC(=O)C1(CNCC2=Cc3ccccc3OC2)CCOCC1. The Bertz CT molecular complexity index is 577. The van der Waals surface area contributed by atoms with Crippen LogP contribution < -0.4 is 15.8 Å². The first-order chi connectivity index (χ1) is 10.7. The van der Waals surface area contributed by atoms with Gasteiger partial charge in [0.1, 0.15) is 12.4 Å². The van der Waals surface area contributed by atoms with Crippen molar-refractivity contribution in [1.82, 2.24) is 5.32 Å². The third-order valence-corrected chi connectivity index (χ3v) is 4.48. The second-order valence-electron chi connectivity index (χ2n) is 5.99. The van der Waals surface area contributed by atoms with Crippen molar-refractivity contribution in [2.75, 3.05) is 32.9 Å². The van der Waals surface area contributed by atoms with Gasteiger partial charge in [-0.25, -0.2) is 0 Å². The van der Waals surface area contributed by atoms with Crippen molar-refractivity contribution in [3.8, 4) is 5.75 Å². The predicted octanol–water partition coefficient (Wildman–Crippen LogP) is 1.33. The molecule has 118 valence electrons. The van der Waals surface area contributed by atoms with E-state index in [2.05, 4.69) is 11.4 Å². The molecule has 0 unspecified atom stereocenters. The molecule has 1 aromatic carbocycles. The van der Waals surface area contributed by atoms with Crippen molar-refractivity contribution in [3.63, 3.8) is 0 Å². The van der Waals surface area contributed by atoms with E-state index < -0.39 is 5.41 Å². The van der Waals surface area contributed by atoms with Crippen LogP contribution in [0.5, 0.6) is 5.75 Å². The molecule has 0 radical (unpaired) electrons. The largest absolute Gasteiger partial charge is 0.489 e. The van der Waals surface area contributed by atoms with Gasteiger partial charge in [0.05, 0.1) is 5.41 Å². The first kappa shape index (κ1) is 15.1. The van der Waals surface area contributed by atoms with E-state index in [1.54, 1.807) is 0 Å². The minimum absolute atomic E-state index is 0.234. The highest BCUT2D eigenvalue weighted by atomic mass is 16.5. The van der Waals surface area contributed by atoms with Gasteiger partial charge in [0.25, 0.3) is 0 Å². The number of ether oxygens (including phenoxy) is 2. The van der Waals surface area contributed by atoms with E-state index in [4.69, 9.17) is 15.2 Å². The van der Waals surface area contributed by atoms with Crippen LogP contribution in [0.2, 0.25) is 0 Å². The number of carbonyl (C=O) groups is 1. The van der Waals surface area contributed by atoms with Gasteiger partial charge >= 0.3 is 0 Å². The second kappa shape index (κ2) is 6.50. The van der Waals surface area contributed by atoms with Gasteiger partial charge in [0.2, 0.25) is 5.91 Å². The molecule has 0 saturated carbocycles. The minimum atomic E-state index is -0.480. The number of primary amides is 1. The summed E-state index contributed by atoms with van der Waals surface area (Å²) in [5.74, 6) is 0.687. The van der Waals surface area contributed by atoms with E-state index >= 15 is 0 Å². The molecule has 2 heterocycles. The number of hydrogen-bond donors (Lipinski definition) is 2. The molecule has 1 fully saturated rings. The molecule has 0 aliphatic carbocycles. The summed E-state index contributed by atoms with van der Waals surface area (Å²) < 4.78 is 11.1. The van der Waals surface area contributed by atoms with Crippen molar-refractivity contribution in [2.24, 2.45) is 11.1 Å². The smallest absolute Gasteiger partial charge is 0.225 e. The number of para-hydroxylation sites is 1. The van der Waals surface area contributed by atoms with Crippen LogP contribution >= 0.6 is 0 Å². The summed E-state index contributed by atoms with van der Waals surface area (Å²) in [6.07, 6.45) is 3.52. The Kier molecular flexibility index (Phi) is 4.45. The normalized spacial score (nSPS) is 19.7. The van der Waals surface area contributed by atoms with Crippen LogP contribution in [0.1, 0.15) is 18.4 Å². The van der Waals surface area contributed by atoms with Crippen LogP contribution in [0.3, 0.4) is 0 Å². The quantitative estimate of drug-likeness (QED) is 0.861. The van der Waals surface area contributed by atoms with E-state index in [1.807, 2.05) is 24.3 Å². The van der Waals surface area contributed by atoms with Gasteiger partial charge in [-0.05, 0) is 30.6 Å². The lowest BCUT2D eigenvalue weighted by Gasteiger charge is -2.34. The molecular weight excluding hydrogens is 280 g/mol. The molecule has 0 atom stereocenters. The number of fused-ring (bicyclic) bond motifs is 1. The Hall–Kier alpha value is -1.85. The van der Waals surface area contributed by atoms with Crippen molar-refractivity contribution < 1.29 is 14.3 Å². The number of nitrogens with one attached hydrogen (secondary N) is 1. The molecule has 3 rings (SSSR count). The molecule has 2 aliphatic heterocycles. The molecule has 0 spiro atoms. The Balaban J connectivity index is 1.59. The zero-order valence-electron chi connectivity index (χ0n) is 12.6. The van der Waals surface area contributed by atoms with Crippen LogP contribution in [0.15, 0.2) is 29.8 Å². The minimum Gasteiger partial charge on any atom is -0.489 e. The molecule has 1 aromatic rings. The third kappa shape index (κ3) is 3.15. The Labute approximate surface area is 130 Å². The number of nitrogens with two attached hydrogens (primary N) is 1. The summed E-state index contributed by atoms with van der Waals surface area (Å²) in [5, 5.41) is 3.37. The van der Waals surface area contributed by atoms with Gasteiger partial charge in [-0.3, -0.25) is 4.79 Å². The van der Waals surface area contributed by atoms with Crippen molar-refractivity contribution in [3.05, 3.63) is 35.4 Å². The zero-order valence-corrected chi connectivity index (χ0v) is 12.6. The summed E-state index contributed by atoms with van der Waals surface area (Å²) in [7, 11) is 0. The number of rotatable bonds is 5. The lowest BCUT2D eigenvalue weighted by molar-refractivity contribution is -0.132. The van der Waals surface area contributed by atoms with Gasteiger partial charge in [-0.2, -0.15) is 0 Å². The fourth-order valence-corrected chi connectivity index (χ4v) is 3.00. The molecule has 22 heavy (non-hydrogen) atoms. The number of carbonyl (C=O) groups excluding carboxylic acids is 1. The highest BCUT2D eigenvalue weighted by Crippen LogP contribution is 2.30. The first-order valence-corrected chi connectivity index (χ1v) is 7.69. The van der Waals surface area contributed by atoms with Crippen LogP contribution in [0.25, 0.3) is 6.08 Å². The van der Waals surface area contributed by atoms with Gasteiger partial charge in [0, 0.05) is 31.9 Å². The monoisotopic (exact) mass is 302 g/mol. The highest BCUT2D eigenvalue weighted by Gasteiger charge is 2.38. The standard InChI is InChI=1S/C17H22N2O3/c18-16(20)17(5-7-21-8-6-17)12-19-10-13-9-14-3-1-2-4-15(14)22-11-13/h1-4,9,19H,5-8,10-12H2,(H2,18,20). The summed E-state index contributed by atoms with van der Waals surface area (Å²) in [6.45, 7) is 3.07. The molecule has 5 heteroatoms. The van der Waals surface area contributed by atoms with E-state index in [1.165, 1.54) is 5.57 Å². The van der Waals surface area contributed by atoms with Gasteiger partial charge in [-0.1, -0.05) is 18.2 Å². The molecule has 0 bridgehead atoms. The summed E-state index contributed by atoms with van der Waals surface area (Å²) in [6, 6.07) is 7.98. The van der Waals surface area contributed by atoms with Crippen LogP contribution in [-0.2, 0) is 9.53 Å². The van der Waals surface area contributed by atoms with Gasteiger partial charge < -0.3 is 20.5 Å². The average molecular weight is 302 g/mol. The Morgan fingerprint density at radius 2 is 2.05 bits per heavy atom. The second-order valence-corrected chi connectivity index (χ2v) is 5.99. The van der Waals surface area contributed by atoms with E-state index in [0.29, 0.717) is 45.8 Å². The first-order valence-electron chi connectivity index (χ1n) is 7.69. The summed E-state index contributed by atoms with van der Waals surface area (Å²) in [5.41, 5.74) is 7.40. The molecule has 3 N–H and O–H groups in total. The van der Waals surface area contributed by atoms with Crippen LogP contribution in [-0.4, -0.2) is 38.8 Å². The average Bonchev–Trinajstić information content (AvgIpc) is 2.55. The maximum Gasteiger partial charge on any atom is 0.225 e. The number of benzene rings is 1. The lowest BCUT2D eigenvalue weighted by atomic mass is 9.79. The maximum absolute atomic E-state index is 11.8. The lowest BCUT2D eigenvalue weighted by Crippen LogP contribution is -2.48. The van der Waals surface area contributed by atoms with Gasteiger partial charge in [-0.15, -0.1) is 0 Å². The van der Waals surface area contributed by atoms with E-state index in [0.717, 1.165) is 11.3 Å². The van der Waals surface area contributed by atoms with Crippen LogP contribution in [0.4, 0.5) is 0 Å². The Morgan fingerprint density at radius 3 is 2.82 bits per heavy atom. The molecule has 5 nitrogen and oxygen atoms in total. The zero-order chi connectivity index (χ0) is 15.4. The predicted molar refractivity (Wildman–Crippen MR) is 84.5 cm³/mol. The highest BCUT2D eigenvalue weighted by molar-refractivity contribution is 5.81. The fraction of sp³-hybridized carbons (Fsp3) is 0.471. The maximum atomic E-state index is 11.8. The van der Waals surface area contributed by atoms with E-state index in [9.17, 15) is 4.79 Å². The van der Waals surface area contributed by atoms with Gasteiger partial charge in [0.15, 0.2) is 0 Å². The Morgan fingerprint density at radius 1 is 1.27 bits per heavy atom. The van der Waals surface area contributed by atoms with Crippen molar-refractivity contribution >= 4 is 12.0 Å². The van der Waals surface area contributed by atoms with Crippen molar-refractivity contribution in [2.45, 2.75) is 12.8 Å². The molecule has 1 saturated heterocycles. The summed E-state index contributed by atoms with van der Waals surface area (Å²) in [4.78, 5) is 11.8. The van der Waals surface area contributed by atoms with Crippen molar-refractivity contribution in [1.29, 1.82) is 0 Å². The third-order valence-electron chi connectivity index (χ3n) is 4.48. The molecular formula is C17H22N2O3. The number of amides is 1. The van der Waals surface area contributed by atoms with Crippen LogP contribution in [0, 0.1) is 5.41 Å². The van der Waals surface area contributed by atoms with E-state index in [-0.39, 0.29) is 5.91 Å². The molecule has 0 aromatic heterocycles. The fourth-order valence-electron chi connectivity index (χ4n) is 3.00. The number of hydrogen-bond acceptors (Lipinski definition) is 4. The molecule has 2 aliphatic rings. The summed E-state index contributed by atoms with van der Waals surface area (Å²) >= 11 is 0. The topological polar surface area (TPSA) is 73.6 Å². The molecule has 1 amide bonds.